The summed E-state index contributed by atoms with van der Waals surface area (Å²) in [6.45, 7) is 0.348. The van der Waals surface area contributed by atoms with E-state index in [0.717, 1.165) is 6.42 Å². The average Bonchev–Trinajstić information content (AvgIpc) is 2.23. The van der Waals surface area contributed by atoms with Gasteiger partial charge in [-0.25, -0.2) is 0 Å². The molecule has 0 aromatic carbocycles. The average molecular weight is 286 g/mol. The van der Waals surface area contributed by atoms with Gasteiger partial charge in [0, 0.05) is 6.54 Å². The van der Waals surface area contributed by atoms with E-state index in [2.05, 4.69) is 10.1 Å². The van der Waals surface area contributed by atoms with E-state index < -0.39 is 18.7 Å². The summed E-state index contributed by atoms with van der Waals surface area (Å²) < 4.78 is 39.5. The first kappa shape index (κ1) is 17.1. The lowest BCUT2D eigenvalue weighted by Crippen LogP contribution is -2.39. The second-order valence-corrected chi connectivity index (χ2v) is 4.17. The van der Waals surface area contributed by atoms with Gasteiger partial charge in [0.15, 0.2) is 0 Å². The first-order valence-electron chi connectivity index (χ1n) is 5.49. The van der Waals surface area contributed by atoms with E-state index >= 15 is 0 Å². The summed E-state index contributed by atoms with van der Waals surface area (Å²) in [6, 6.07) is 0. The monoisotopic (exact) mass is 286 g/mol. The molecule has 0 rings (SSSR count). The second kappa shape index (κ2) is 8.25. The Hall–Kier alpha value is -0.890. The molecule has 4 nitrogen and oxygen atoms in total. The predicted molar refractivity (Wildman–Crippen MR) is 65.1 cm³/mol. The van der Waals surface area contributed by atoms with Gasteiger partial charge in [-0.1, -0.05) is 25.6 Å². The highest BCUT2D eigenvalue weighted by Gasteiger charge is 2.27. The second-order valence-electron chi connectivity index (χ2n) is 3.70. The molecule has 0 fully saturated rings. The van der Waals surface area contributed by atoms with Gasteiger partial charge in [0.1, 0.15) is 6.61 Å². The Bertz CT molecular complexity index is 285. The Morgan fingerprint density at radius 3 is 2.56 bits per heavy atom. The highest BCUT2D eigenvalue weighted by Crippen LogP contribution is 2.14. The van der Waals surface area contributed by atoms with Crippen molar-refractivity contribution in [1.82, 2.24) is 5.32 Å². The smallest absolute Gasteiger partial charge is 0.393 e. The van der Waals surface area contributed by atoms with Gasteiger partial charge in [0.2, 0.25) is 5.91 Å². The number of halogens is 3. The summed E-state index contributed by atoms with van der Waals surface area (Å²) in [5.74, 6) is -0.951. The minimum Gasteiger partial charge on any atom is -0.393 e. The van der Waals surface area contributed by atoms with E-state index in [-0.39, 0.29) is 24.0 Å². The lowest BCUT2D eigenvalue weighted by atomic mass is 10.0. The molecule has 0 saturated heterocycles. The van der Waals surface area contributed by atoms with E-state index in [1.54, 1.807) is 0 Å². The highest BCUT2D eigenvalue weighted by atomic mass is 32.1. The number of hydrogen-bond donors (Lipinski definition) is 2. The Morgan fingerprint density at radius 2 is 2.11 bits per heavy atom. The molecule has 0 aliphatic heterocycles. The van der Waals surface area contributed by atoms with Crippen LogP contribution in [0, 0.1) is 5.92 Å². The third kappa shape index (κ3) is 8.24. The van der Waals surface area contributed by atoms with Crippen molar-refractivity contribution in [2.75, 3.05) is 19.8 Å². The van der Waals surface area contributed by atoms with Crippen molar-refractivity contribution in [1.29, 1.82) is 0 Å². The minimum absolute atomic E-state index is 0.00224. The number of ether oxygens (including phenoxy) is 1. The molecule has 18 heavy (non-hydrogen) atoms. The first-order valence-corrected chi connectivity index (χ1v) is 5.90. The summed E-state index contributed by atoms with van der Waals surface area (Å²) in [7, 11) is 0. The normalized spacial score (nSPS) is 13.1. The van der Waals surface area contributed by atoms with Crippen LogP contribution in [-0.2, 0) is 9.53 Å². The molecule has 0 aliphatic carbocycles. The molecule has 0 heterocycles. The molecule has 0 radical (unpaired) electrons. The summed E-state index contributed by atoms with van der Waals surface area (Å²) >= 11 is 4.75. The molecule has 0 spiro atoms. The van der Waals surface area contributed by atoms with Gasteiger partial charge in [0.05, 0.1) is 17.5 Å². The molecular weight excluding hydrogens is 269 g/mol. The maximum atomic E-state index is 11.7. The fourth-order valence-electron chi connectivity index (χ4n) is 1.25. The summed E-state index contributed by atoms with van der Waals surface area (Å²) in [6.07, 6.45) is -3.10. The van der Waals surface area contributed by atoms with Crippen molar-refractivity contribution >= 4 is 23.1 Å². The van der Waals surface area contributed by atoms with Crippen molar-refractivity contribution in [2.45, 2.75) is 25.9 Å². The minimum atomic E-state index is -4.35. The SMILES string of the molecule is CCCC(C(=O)NCCOCC(F)(F)F)C(N)=S. The number of hydrogen-bond acceptors (Lipinski definition) is 3. The Balaban J connectivity index is 3.84. The fraction of sp³-hybridized carbons (Fsp3) is 0.800. The van der Waals surface area contributed by atoms with E-state index in [0.29, 0.717) is 6.42 Å². The van der Waals surface area contributed by atoms with Crippen molar-refractivity contribution in [2.24, 2.45) is 11.7 Å². The van der Waals surface area contributed by atoms with Crippen LogP contribution in [0.15, 0.2) is 0 Å². The number of amides is 1. The molecule has 0 aliphatic rings. The zero-order valence-electron chi connectivity index (χ0n) is 10.0. The summed E-state index contributed by atoms with van der Waals surface area (Å²) in [5.41, 5.74) is 5.40. The first-order chi connectivity index (χ1) is 8.28. The molecular formula is C10H17F3N2O2S. The van der Waals surface area contributed by atoms with Crippen LogP contribution in [0.1, 0.15) is 19.8 Å². The van der Waals surface area contributed by atoms with Crippen molar-refractivity contribution < 1.29 is 22.7 Å². The summed E-state index contributed by atoms with van der Waals surface area (Å²) in [5, 5.41) is 2.44. The quantitative estimate of drug-likeness (QED) is 0.523. The van der Waals surface area contributed by atoms with Crippen LogP contribution < -0.4 is 11.1 Å². The number of carbonyl (C=O) groups excluding carboxylic acids is 1. The zero-order chi connectivity index (χ0) is 14.2. The molecule has 0 saturated carbocycles. The number of nitrogens with two attached hydrogens (primary N) is 1. The maximum Gasteiger partial charge on any atom is 0.411 e. The van der Waals surface area contributed by atoms with Gasteiger partial charge in [-0.05, 0) is 6.42 Å². The highest BCUT2D eigenvalue weighted by molar-refractivity contribution is 7.80. The Kier molecular flexibility index (Phi) is 7.85. The largest absolute Gasteiger partial charge is 0.411 e. The van der Waals surface area contributed by atoms with Gasteiger partial charge >= 0.3 is 6.18 Å². The van der Waals surface area contributed by atoms with E-state index in [9.17, 15) is 18.0 Å². The standard InChI is InChI=1S/C10H17F3N2O2S/c1-2-3-7(8(14)18)9(16)15-4-5-17-6-10(11,12)13/h7H,2-6H2,1H3,(H2,14,18)(H,15,16). The van der Waals surface area contributed by atoms with Gasteiger partial charge in [-0.15, -0.1) is 0 Å². The van der Waals surface area contributed by atoms with Crippen molar-refractivity contribution in [3.63, 3.8) is 0 Å². The molecule has 1 amide bonds. The van der Waals surface area contributed by atoms with Gasteiger partial charge in [-0.3, -0.25) is 4.79 Å². The molecule has 0 aromatic rings. The Morgan fingerprint density at radius 1 is 1.50 bits per heavy atom. The molecule has 106 valence electrons. The number of nitrogens with one attached hydrogen (secondary N) is 1. The predicted octanol–water partition coefficient (Wildman–Crippen LogP) is 1.38. The number of alkyl halides is 3. The third-order valence-corrected chi connectivity index (χ3v) is 2.33. The summed E-state index contributed by atoms with van der Waals surface area (Å²) in [4.78, 5) is 11.7. The zero-order valence-corrected chi connectivity index (χ0v) is 10.9. The van der Waals surface area contributed by atoms with Gasteiger partial charge in [-0.2, -0.15) is 13.2 Å². The topological polar surface area (TPSA) is 64.3 Å². The van der Waals surface area contributed by atoms with E-state index in [1.807, 2.05) is 6.92 Å². The van der Waals surface area contributed by atoms with Crippen LogP contribution in [-0.4, -0.2) is 36.8 Å². The Labute approximate surface area is 109 Å². The van der Waals surface area contributed by atoms with Gasteiger partial charge < -0.3 is 15.8 Å². The molecule has 1 unspecified atom stereocenters. The molecule has 0 bridgehead atoms. The van der Waals surface area contributed by atoms with E-state index in [1.165, 1.54) is 0 Å². The molecule has 0 aromatic heterocycles. The number of rotatable bonds is 8. The molecule has 3 N–H and O–H groups in total. The van der Waals surface area contributed by atoms with Crippen molar-refractivity contribution in [3.8, 4) is 0 Å². The molecule has 8 heteroatoms. The number of carbonyl (C=O) groups is 1. The van der Waals surface area contributed by atoms with Crippen LogP contribution in [0.2, 0.25) is 0 Å². The lowest BCUT2D eigenvalue weighted by molar-refractivity contribution is -0.173. The number of thiocarbonyl (C=S) groups is 1. The lowest BCUT2D eigenvalue weighted by Gasteiger charge is -2.14. The van der Waals surface area contributed by atoms with Crippen LogP contribution >= 0.6 is 12.2 Å². The van der Waals surface area contributed by atoms with Crippen LogP contribution in [0.5, 0.6) is 0 Å². The van der Waals surface area contributed by atoms with Crippen LogP contribution in [0.4, 0.5) is 13.2 Å². The van der Waals surface area contributed by atoms with Crippen LogP contribution in [0.25, 0.3) is 0 Å². The van der Waals surface area contributed by atoms with Crippen LogP contribution in [0.3, 0.4) is 0 Å². The maximum absolute atomic E-state index is 11.7. The van der Waals surface area contributed by atoms with E-state index in [4.69, 9.17) is 18.0 Å². The van der Waals surface area contributed by atoms with Crippen molar-refractivity contribution in [3.05, 3.63) is 0 Å². The molecule has 1 atom stereocenters. The third-order valence-electron chi connectivity index (χ3n) is 2.05. The van der Waals surface area contributed by atoms with Gasteiger partial charge in [0.25, 0.3) is 0 Å². The fourth-order valence-corrected chi connectivity index (χ4v) is 1.47.